The molecule has 0 atom stereocenters. The number of carboxylic acids is 1. The molecule has 1 aliphatic rings. The standard InChI is InChI=1S/C24H21ClN2O6S/c1-32-15-7-8-18(33-2)17(11-15)23(29)27-10-9-16-19(12-27)34-22(20(16)24(30)31)26-21(28)13-3-5-14(25)6-4-13/h3-8,11H,9-10,12H2,1-2H3,(H,26,28)(H,30,31). The maximum Gasteiger partial charge on any atom is 0.339 e. The minimum absolute atomic E-state index is 0.0633. The van der Waals surface area contributed by atoms with Gasteiger partial charge in [0.25, 0.3) is 11.8 Å². The van der Waals surface area contributed by atoms with Crippen LogP contribution in [0.2, 0.25) is 5.02 Å². The molecule has 176 valence electrons. The monoisotopic (exact) mass is 500 g/mol. The van der Waals surface area contributed by atoms with E-state index in [-0.39, 0.29) is 23.0 Å². The molecule has 0 bridgehead atoms. The predicted octanol–water partition coefficient (Wildman–Crippen LogP) is 4.57. The van der Waals surface area contributed by atoms with Crippen LogP contribution < -0.4 is 14.8 Å². The van der Waals surface area contributed by atoms with Crippen LogP contribution >= 0.6 is 22.9 Å². The van der Waals surface area contributed by atoms with Gasteiger partial charge in [-0.3, -0.25) is 9.59 Å². The summed E-state index contributed by atoms with van der Waals surface area (Å²) in [6, 6.07) is 11.3. The Bertz CT molecular complexity index is 1270. The third kappa shape index (κ3) is 4.57. The van der Waals surface area contributed by atoms with Crippen molar-refractivity contribution >= 4 is 45.7 Å². The first-order valence-electron chi connectivity index (χ1n) is 10.3. The molecule has 0 spiro atoms. The van der Waals surface area contributed by atoms with E-state index >= 15 is 0 Å². The SMILES string of the molecule is COc1ccc(OC)c(C(=O)N2CCc3c(sc(NC(=O)c4ccc(Cl)cc4)c3C(=O)O)C2)c1. The molecule has 10 heteroatoms. The molecule has 1 aliphatic heterocycles. The summed E-state index contributed by atoms with van der Waals surface area (Å²) in [5.41, 5.74) is 1.41. The number of thiophene rings is 1. The van der Waals surface area contributed by atoms with E-state index in [4.69, 9.17) is 21.1 Å². The molecule has 2 N–H and O–H groups in total. The highest BCUT2D eigenvalue weighted by molar-refractivity contribution is 7.17. The fourth-order valence-electron chi connectivity index (χ4n) is 3.82. The van der Waals surface area contributed by atoms with Crippen molar-refractivity contribution in [3.8, 4) is 11.5 Å². The van der Waals surface area contributed by atoms with Crippen LogP contribution in [0.25, 0.3) is 0 Å². The molecule has 34 heavy (non-hydrogen) atoms. The van der Waals surface area contributed by atoms with Gasteiger partial charge in [-0.1, -0.05) is 11.6 Å². The number of hydrogen-bond acceptors (Lipinski definition) is 6. The number of anilines is 1. The molecule has 0 fully saturated rings. The highest BCUT2D eigenvalue weighted by atomic mass is 35.5. The lowest BCUT2D eigenvalue weighted by molar-refractivity contribution is 0.0696. The maximum atomic E-state index is 13.3. The van der Waals surface area contributed by atoms with E-state index in [1.807, 2.05) is 0 Å². The molecule has 2 aromatic carbocycles. The van der Waals surface area contributed by atoms with Crippen LogP contribution in [0.4, 0.5) is 5.00 Å². The first-order chi connectivity index (χ1) is 16.3. The first-order valence-corrected chi connectivity index (χ1v) is 11.5. The van der Waals surface area contributed by atoms with Gasteiger partial charge >= 0.3 is 5.97 Å². The third-order valence-electron chi connectivity index (χ3n) is 5.53. The quantitative estimate of drug-likeness (QED) is 0.513. The number of rotatable bonds is 6. The average molecular weight is 501 g/mol. The van der Waals surface area contributed by atoms with E-state index < -0.39 is 11.9 Å². The number of fused-ring (bicyclic) bond motifs is 1. The molecule has 2 heterocycles. The van der Waals surface area contributed by atoms with Gasteiger partial charge in [0.05, 0.1) is 31.9 Å². The number of nitrogens with one attached hydrogen (secondary N) is 1. The molecule has 0 saturated heterocycles. The van der Waals surface area contributed by atoms with Crippen molar-refractivity contribution in [3.63, 3.8) is 0 Å². The highest BCUT2D eigenvalue weighted by Gasteiger charge is 2.31. The van der Waals surface area contributed by atoms with E-state index in [0.717, 1.165) is 11.3 Å². The van der Waals surface area contributed by atoms with Gasteiger partial charge in [0.15, 0.2) is 0 Å². The molecule has 8 nitrogen and oxygen atoms in total. The molecule has 0 radical (unpaired) electrons. The van der Waals surface area contributed by atoms with Crippen LogP contribution in [0.15, 0.2) is 42.5 Å². The fourth-order valence-corrected chi connectivity index (χ4v) is 5.20. The van der Waals surface area contributed by atoms with Crippen LogP contribution in [0, 0.1) is 0 Å². The Kier molecular flexibility index (Phi) is 6.76. The molecular formula is C24H21ClN2O6S. The topological polar surface area (TPSA) is 105 Å². The Morgan fingerprint density at radius 2 is 1.82 bits per heavy atom. The normalized spacial score (nSPS) is 12.6. The first kappa shape index (κ1) is 23.6. The second-order valence-corrected chi connectivity index (χ2v) is 9.06. The smallest absolute Gasteiger partial charge is 0.339 e. The van der Waals surface area contributed by atoms with Crippen molar-refractivity contribution in [1.82, 2.24) is 4.90 Å². The Balaban J connectivity index is 1.61. The maximum absolute atomic E-state index is 13.3. The van der Waals surface area contributed by atoms with Gasteiger partial charge in [0.1, 0.15) is 16.5 Å². The van der Waals surface area contributed by atoms with Crippen molar-refractivity contribution in [2.75, 3.05) is 26.1 Å². The van der Waals surface area contributed by atoms with Crippen LogP contribution in [0.3, 0.4) is 0 Å². The molecular weight excluding hydrogens is 480 g/mol. The van der Waals surface area contributed by atoms with Gasteiger partial charge in [-0.25, -0.2) is 4.79 Å². The predicted molar refractivity (Wildman–Crippen MR) is 129 cm³/mol. The number of carbonyl (C=O) groups is 3. The van der Waals surface area contributed by atoms with E-state index in [0.29, 0.717) is 51.1 Å². The summed E-state index contributed by atoms with van der Waals surface area (Å²) in [6.45, 7) is 0.546. The van der Waals surface area contributed by atoms with Gasteiger partial charge in [-0.15, -0.1) is 11.3 Å². The summed E-state index contributed by atoms with van der Waals surface area (Å²) in [7, 11) is 3.00. The van der Waals surface area contributed by atoms with Crippen molar-refractivity contribution in [2.24, 2.45) is 0 Å². The van der Waals surface area contributed by atoms with E-state index in [1.165, 1.54) is 14.2 Å². The largest absolute Gasteiger partial charge is 0.497 e. The number of benzene rings is 2. The van der Waals surface area contributed by atoms with Gasteiger partial charge in [-0.05, 0) is 54.4 Å². The second-order valence-electron chi connectivity index (χ2n) is 7.52. The number of carboxylic acid groups (broad SMARTS) is 1. The molecule has 1 aromatic heterocycles. The van der Waals surface area contributed by atoms with Gasteiger partial charge in [0.2, 0.25) is 0 Å². The summed E-state index contributed by atoms with van der Waals surface area (Å²) >= 11 is 7.04. The lowest BCUT2D eigenvalue weighted by atomic mass is 10.0. The van der Waals surface area contributed by atoms with Crippen molar-refractivity contribution in [1.29, 1.82) is 0 Å². The zero-order valence-corrected chi connectivity index (χ0v) is 20.0. The molecule has 2 amide bonds. The molecule has 0 unspecified atom stereocenters. The Labute approximate surface area is 204 Å². The minimum Gasteiger partial charge on any atom is -0.497 e. The Hall–Kier alpha value is -3.56. The lowest BCUT2D eigenvalue weighted by Crippen LogP contribution is -2.36. The summed E-state index contributed by atoms with van der Waals surface area (Å²) in [5, 5.41) is 13.3. The molecule has 3 aromatic rings. The van der Waals surface area contributed by atoms with Gasteiger partial charge in [-0.2, -0.15) is 0 Å². The van der Waals surface area contributed by atoms with Gasteiger partial charge < -0.3 is 24.8 Å². The summed E-state index contributed by atoms with van der Waals surface area (Å²) in [4.78, 5) is 40.3. The number of halogens is 1. The minimum atomic E-state index is -1.13. The van der Waals surface area contributed by atoms with Crippen LogP contribution in [-0.2, 0) is 13.0 Å². The Morgan fingerprint density at radius 3 is 2.47 bits per heavy atom. The molecule has 0 saturated carbocycles. The number of carbonyl (C=O) groups excluding carboxylic acids is 2. The van der Waals surface area contributed by atoms with Crippen molar-refractivity contribution < 1.29 is 29.0 Å². The number of aromatic carboxylic acids is 1. The van der Waals surface area contributed by atoms with Crippen LogP contribution in [0.5, 0.6) is 11.5 Å². The highest BCUT2D eigenvalue weighted by Crippen LogP contribution is 2.38. The number of nitrogens with zero attached hydrogens (tertiary/aromatic N) is 1. The van der Waals surface area contributed by atoms with Crippen molar-refractivity contribution in [3.05, 3.63) is 74.6 Å². The summed E-state index contributed by atoms with van der Waals surface area (Å²) in [6.07, 6.45) is 0.350. The number of methoxy groups -OCH3 is 2. The van der Waals surface area contributed by atoms with E-state index in [1.54, 1.807) is 47.4 Å². The lowest BCUT2D eigenvalue weighted by Gasteiger charge is -2.27. The number of ether oxygens (including phenoxy) is 2. The third-order valence-corrected chi connectivity index (χ3v) is 6.91. The zero-order valence-electron chi connectivity index (χ0n) is 18.4. The van der Waals surface area contributed by atoms with Crippen LogP contribution in [0.1, 0.15) is 41.5 Å². The van der Waals surface area contributed by atoms with E-state index in [9.17, 15) is 19.5 Å². The summed E-state index contributed by atoms with van der Waals surface area (Å²) in [5.74, 6) is -0.869. The summed E-state index contributed by atoms with van der Waals surface area (Å²) < 4.78 is 10.6. The molecule has 0 aliphatic carbocycles. The fraction of sp³-hybridized carbons (Fsp3) is 0.208. The second kappa shape index (κ2) is 9.74. The van der Waals surface area contributed by atoms with E-state index in [2.05, 4.69) is 5.32 Å². The van der Waals surface area contributed by atoms with Crippen LogP contribution in [-0.4, -0.2) is 48.6 Å². The number of hydrogen-bond donors (Lipinski definition) is 2. The van der Waals surface area contributed by atoms with Gasteiger partial charge in [0, 0.05) is 22.0 Å². The number of amides is 2. The zero-order chi connectivity index (χ0) is 24.4. The van der Waals surface area contributed by atoms with Crippen molar-refractivity contribution in [2.45, 2.75) is 13.0 Å². The average Bonchev–Trinajstić information content (AvgIpc) is 3.20. The molecule has 4 rings (SSSR count). The Morgan fingerprint density at radius 1 is 1.09 bits per heavy atom.